The van der Waals surface area contributed by atoms with E-state index in [0.717, 1.165) is 37.5 Å². The van der Waals surface area contributed by atoms with Crippen LogP contribution in [0.5, 0.6) is 0 Å². The molecular formula is C17H26O2. The van der Waals surface area contributed by atoms with Crippen LogP contribution in [0, 0.1) is 23.7 Å². The van der Waals surface area contributed by atoms with Gasteiger partial charge in [-0.05, 0) is 68.6 Å². The predicted octanol–water partition coefficient (Wildman–Crippen LogP) is 3.03. The molecule has 0 amide bonds. The van der Waals surface area contributed by atoms with Crippen LogP contribution in [0.4, 0.5) is 0 Å². The third-order valence-electron chi connectivity index (χ3n) is 6.56. The summed E-state index contributed by atoms with van der Waals surface area (Å²) in [5.74, 6) is 2.92. The average molecular weight is 262 g/mol. The van der Waals surface area contributed by atoms with Gasteiger partial charge in [0.25, 0.3) is 0 Å². The van der Waals surface area contributed by atoms with Gasteiger partial charge in [0, 0.05) is 0 Å². The van der Waals surface area contributed by atoms with Crippen LogP contribution in [0.1, 0.15) is 57.8 Å². The molecule has 2 saturated carbocycles. The number of hydrogen-bond donors (Lipinski definition) is 2. The van der Waals surface area contributed by atoms with E-state index >= 15 is 0 Å². The molecule has 2 nitrogen and oxygen atoms in total. The van der Waals surface area contributed by atoms with Crippen LogP contribution < -0.4 is 0 Å². The fourth-order valence-corrected chi connectivity index (χ4v) is 5.84. The Balaban J connectivity index is 1.66. The molecule has 0 aromatic rings. The molecule has 2 N–H and O–H groups in total. The highest BCUT2D eigenvalue weighted by molar-refractivity contribution is 5.27. The summed E-state index contributed by atoms with van der Waals surface area (Å²) in [5.41, 5.74) is 3.08. The second kappa shape index (κ2) is 4.60. The summed E-state index contributed by atoms with van der Waals surface area (Å²) < 4.78 is 0. The normalized spacial score (nSPS) is 49.6. The van der Waals surface area contributed by atoms with Crippen molar-refractivity contribution in [3.63, 3.8) is 0 Å². The van der Waals surface area contributed by atoms with Crippen molar-refractivity contribution in [2.75, 3.05) is 0 Å². The predicted molar refractivity (Wildman–Crippen MR) is 74.6 cm³/mol. The van der Waals surface area contributed by atoms with Gasteiger partial charge in [-0.15, -0.1) is 0 Å². The molecular weight excluding hydrogens is 236 g/mol. The highest BCUT2D eigenvalue weighted by Crippen LogP contribution is 2.55. The topological polar surface area (TPSA) is 40.5 Å². The Bertz CT molecular complexity index is 400. The van der Waals surface area contributed by atoms with E-state index in [4.69, 9.17) is 0 Å². The highest BCUT2D eigenvalue weighted by Gasteiger charge is 2.48. The van der Waals surface area contributed by atoms with E-state index in [-0.39, 0.29) is 12.2 Å². The Morgan fingerprint density at radius 3 is 2.68 bits per heavy atom. The Kier molecular flexibility index (Phi) is 3.00. The summed E-state index contributed by atoms with van der Waals surface area (Å²) in [4.78, 5) is 0. The number of fused-ring (bicyclic) bond motifs is 4. The Morgan fingerprint density at radius 2 is 1.79 bits per heavy atom. The van der Waals surface area contributed by atoms with Gasteiger partial charge in [0.15, 0.2) is 0 Å². The second-order valence-electron chi connectivity index (χ2n) is 7.41. The summed E-state index contributed by atoms with van der Waals surface area (Å²) in [6.45, 7) is 0. The SMILES string of the molecule is OC1CCC2=C(C1)CC(O)C1C2CCC2CCCC21. The zero-order chi connectivity index (χ0) is 13.0. The maximum Gasteiger partial charge on any atom is 0.0614 e. The molecule has 0 aromatic heterocycles. The molecule has 106 valence electrons. The zero-order valence-electron chi connectivity index (χ0n) is 11.7. The smallest absolute Gasteiger partial charge is 0.0614 e. The molecule has 0 heterocycles. The Hall–Kier alpha value is -0.340. The minimum Gasteiger partial charge on any atom is -0.393 e. The number of allylic oxidation sites excluding steroid dienone is 1. The number of aliphatic hydroxyl groups is 2. The number of hydrogen-bond acceptors (Lipinski definition) is 2. The van der Waals surface area contributed by atoms with E-state index in [1.54, 1.807) is 5.57 Å². The van der Waals surface area contributed by atoms with E-state index in [0.29, 0.717) is 11.8 Å². The van der Waals surface area contributed by atoms with E-state index in [1.165, 1.54) is 37.7 Å². The van der Waals surface area contributed by atoms with Crippen molar-refractivity contribution in [1.82, 2.24) is 0 Å². The van der Waals surface area contributed by atoms with Crippen molar-refractivity contribution in [3.05, 3.63) is 11.1 Å². The molecule has 0 aliphatic heterocycles. The zero-order valence-corrected chi connectivity index (χ0v) is 11.7. The van der Waals surface area contributed by atoms with Crippen molar-refractivity contribution < 1.29 is 10.2 Å². The summed E-state index contributed by atoms with van der Waals surface area (Å²) in [7, 11) is 0. The standard InChI is InChI=1S/C17H26O2/c18-12-5-7-13-11(8-12)9-16(19)17-14-3-1-2-10(14)4-6-15(13)17/h10,12,14-19H,1-9H2. The Labute approximate surface area is 115 Å². The van der Waals surface area contributed by atoms with Crippen LogP contribution in [0.2, 0.25) is 0 Å². The van der Waals surface area contributed by atoms with Gasteiger partial charge in [-0.25, -0.2) is 0 Å². The van der Waals surface area contributed by atoms with Gasteiger partial charge in [0.1, 0.15) is 0 Å². The van der Waals surface area contributed by atoms with Crippen LogP contribution in [-0.4, -0.2) is 22.4 Å². The summed E-state index contributed by atoms with van der Waals surface area (Å²) >= 11 is 0. The van der Waals surface area contributed by atoms with Gasteiger partial charge in [0.05, 0.1) is 12.2 Å². The molecule has 2 heteroatoms. The third kappa shape index (κ3) is 1.91. The fourth-order valence-electron chi connectivity index (χ4n) is 5.84. The molecule has 6 atom stereocenters. The number of rotatable bonds is 0. The first-order valence-corrected chi connectivity index (χ1v) is 8.31. The number of aliphatic hydroxyl groups excluding tert-OH is 2. The molecule has 2 fully saturated rings. The molecule has 4 aliphatic carbocycles. The van der Waals surface area contributed by atoms with E-state index in [1.807, 2.05) is 0 Å². The van der Waals surface area contributed by atoms with Crippen LogP contribution in [0.25, 0.3) is 0 Å². The van der Waals surface area contributed by atoms with Crippen LogP contribution in [0.15, 0.2) is 11.1 Å². The van der Waals surface area contributed by atoms with Crippen molar-refractivity contribution in [3.8, 4) is 0 Å². The largest absolute Gasteiger partial charge is 0.393 e. The van der Waals surface area contributed by atoms with Gasteiger partial charge >= 0.3 is 0 Å². The van der Waals surface area contributed by atoms with Gasteiger partial charge in [0.2, 0.25) is 0 Å². The van der Waals surface area contributed by atoms with E-state index < -0.39 is 0 Å². The van der Waals surface area contributed by atoms with E-state index in [9.17, 15) is 10.2 Å². The molecule has 4 rings (SSSR count). The lowest BCUT2D eigenvalue weighted by Crippen LogP contribution is -2.44. The molecule has 0 saturated heterocycles. The first kappa shape index (κ1) is 12.4. The quantitative estimate of drug-likeness (QED) is 0.659. The lowest BCUT2D eigenvalue weighted by molar-refractivity contribution is -0.0112. The van der Waals surface area contributed by atoms with Gasteiger partial charge < -0.3 is 10.2 Å². The van der Waals surface area contributed by atoms with Crippen molar-refractivity contribution in [2.45, 2.75) is 70.0 Å². The average Bonchev–Trinajstić information content (AvgIpc) is 2.86. The molecule has 0 spiro atoms. The van der Waals surface area contributed by atoms with Crippen molar-refractivity contribution in [1.29, 1.82) is 0 Å². The van der Waals surface area contributed by atoms with Gasteiger partial charge in [-0.3, -0.25) is 0 Å². The van der Waals surface area contributed by atoms with Crippen molar-refractivity contribution >= 4 is 0 Å². The van der Waals surface area contributed by atoms with Crippen LogP contribution >= 0.6 is 0 Å². The Morgan fingerprint density at radius 1 is 0.895 bits per heavy atom. The molecule has 19 heavy (non-hydrogen) atoms. The third-order valence-corrected chi connectivity index (χ3v) is 6.56. The lowest BCUT2D eigenvalue weighted by Gasteiger charge is -2.49. The second-order valence-corrected chi connectivity index (χ2v) is 7.41. The maximum atomic E-state index is 10.7. The summed E-state index contributed by atoms with van der Waals surface area (Å²) in [6, 6.07) is 0. The van der Waals surface area contributed by atoms with Crippen molar-refractivity contribution in [2.24, 2.45) is 23.7 Å². The van der Waals surface area contributed by atoms with Gasteiger partial charge in [-0.2, -0.15) is 0 Å². The first-order valence-electron chi connectivity index (χ1n) is 8.31. The van der Waals surface area contributed by atoms with E-state index in [2.05, 4.69) is 0 Å². The van der Waals surface area contributed by atoms with Gasteiger partial charge in [-0.1, -0.05) is 24.0 Å². The summed E-state index contributed by atoms with van der Waals surface area (Å²) in [6.07, 6.45) is 10.3. The summed E-state index contributed by atoms with van der Waals surface area (Å²) in [5, 5.41) is 20.5. The first-order chi connectivity index (χ1) is 9.24. The lowest BCUT2D eigenvalue weighted by atomic mass is 9.58. The van der Waals surface area contributed by atoms with Crippen LogP contribution in [-0.2, 0) is 0 Å². The molecule has 4 aliphatic rings. The molecule has 0 radical (unpaired) electrons. The molecule has 0 bridgehead atoms. The minimum atomic E-state index is -0.148. The monoisotopic (exact) mass is 262 g/mol. The molecule has 0 aromatic carbocycles. The fraction of sp³-hybridized carbons (Fsp3) is 0.882. The highest BCUT2D eigenvalue weighted by atomic mass is 16.3. The minimum absolute atomic E-state index is 0.125. The molecule has 6 unspecified atom stereocenters. The van der Waals surface area contributed by atoms with Crippen LogP contribution in [0.3, 0.4) is 0 Å². The maximum absolute atomic E-state index is 10.7.